The number of halogens is 3. The van der Waals surface area contributed by atoms with E-state index < -0.39 is 18.1 Å². The number of amides is 1. The average Bonchev–Trinajstić information content (AvgIpc) is 2.53. The Kier molecular flexibility index (Phi) is 11.1. The van der Waals surface area contributed by atoms with Gasteiger partial charge in [0, 0.05) is 18.5 Å². The van der Waals surface area contributed by atoms with Gasteiger partial charge in [-0.2, -0.15) is 13.2 Å². The van der Waals surface area contributed by atoms with Gasteiger partial charge in [-0.05, 0) is 31.0 Å². The molecule has 0 fully saturated rings. The normalized spacial score (nSPS) is 19.6. The van der Waals surface area contributed by atoms with Gasteiger partial charge in [0.15, 0.2) is 0 Å². The molecule has 10 heteroatoms. The summed E-state index contributed by atoms with van der Waals surface area (Å²) in [7, 11) is 0. The van der Waals surface area contributed by atoms with Gasteiger partial charge >= 0.3 is 18.1 Å². The zero-order valence-corrected chi connectivity index (χ0v) is 14.3. The molecule has 5 N–H and O–H groups in total. The van der Waals surface area contributed by atoms with Gasteiger partial charge in [-0.3, -0.25) is 9.59 Å². The Hall–Kier alpha value is -2.88. The van der Waals surface area contributed by atoms with Crippen LogP contribution in [0, 0.1) is 0 Å². The summed E-state index contributed by atoms with van der Waals surface area (Å²) < 4.78 is 31.7. The molecular weight excluding hydrogens is 369 g/mol. The van der Waals surface area contributed by atoms with E-state index in [1.54, 1.807) is 12.2 Å². The monoisotopic (exact) mass is 390 g/mol. The largest absolute Gasteiger partial charge is 0.490 e. The maximum atomic E-state index is 12.1. The summed E-state index contributed by atoms with van der Waals surface area (Å²) in [5, 5.41) is 18.4. The number of carboxylic acids is 2. The topological polar surface area (TPSA) is 130 Å². The van der Waals surface area contributed by atoms with Gasteiger partial charge in [-0.15, -0.1) is 0 Å². The van der Waals surface area contributed by atoms with Gasteiger partial charge in [-0.1, -0.05) is 30.4 Å². The molecule has 0 aromatic heterocycles. The molecule has 0 bridgehead atoms. The smallest absolute Gasteiger partial charge is 0.481 e. The molecule has 0 heterocycles. The summed E-state index contributed by atoms with van der Waals surface area (Å²) in [6.07, 6.45) is 7.01. The maximum absolute atomic E-state index is 12.1. The summed E-state index contributed by atoms with van der Waals surface area (Å²) in [6, 6.07) is 0. The molecule has 0 aromatic carbocycles. The summed E-state index contributed by atoms with van der Waals surface area (Å²) >= 11 is 0. The first-order valence-electron chi connectivity index (χ1n) is 7.84. The zero-order valence-electron chi connectivity index (χ0n) is 14.3. The fourth-order valence-electron chi connectivity index (χ4n) is 1.78. The molecule has 0 atom stereocenters. The molecule has 0 spiro atoms. The molecule has 7 nitrogen and oxygen atoms in total. The quantitative estimate of drug-likeness (QED) is 0.492. The lowest BCUT2D eigenvalue weighted by Crippen LogP contribution is -2.27. The fourth-order valence-corrected chi connectivity index (χ4v) is 1.78. The van der Waals surface area contributed by atoms with E-state index in [0.717, 1.165) is 5.57 Å². The number of allylic oxidation sites excluding steroid dienone is 5. The number of carboxylic acid groups (broad SMARTS) is 2. The highest BCUT2D eigenvalue weighted by molar-refractivity contribution is 5.97. The Morgan fingerprint density at radius 3 is 2.07 bits per heavy atom. The minimum absolute atomic E-state index is 0.0491. The second-order valence-electron chi connectivity index (χ2n) is 5.14. The second kappa shape index (κ2) is 12.5. The number of rotatable bonds is 7. The minimum atomic E-state index is -5.08. The third-order valence-corrected chi connectivity index (χ3v) is 2.99. The minimum Gasteiger partial charge on any atom is -0.481 e. The summed E-state index contributed by atoms with van der Waals surface area (Å²) in [5.74, 6) is -3.82. The molecule has 0 aromatic rings. The standard InChI is InChI=1S/C15H20N2O3.C2HF3O2/c16-10-9-12-6-3-1-2-4-7-13(12)15(20)17-11-5-8-14(18)19;3-2(4,5)1(6)7/h1-4,6-7H,5,8-11,16H2,(H,17,20)(H,18,19);(H,6,7)/b2-1-,3-1?,4-2?,6-3-,7-4-,12-6?,13-7?,13-12-;. The molecule has 27 heavy (non-hydrogen) atoms. The van der Waals surface area contributed by atoms with Gasteiger partial charge in [0.2, 0.25) is 0 Å². The predicted molar refractivity (Wildman–Crippen MR) is 91.7 cm³/mol. The Morgan fingerprint density at radius 2 is 1.59 bits per heavy atom. The van der Waals surface area contributed by atoms with Crippen LogP contribution in [0.25, 0.3) is 0 Å². The number of carbonyl (C=O) groups excluding carboxylic acids is 1. The molecule has 1 aliphatic rings. The number of hydrogen-bond acceptors (Lipinski definition) is 4. The van der Waals surface area contributed by atoms with Crippen molar-refractivity contribution < 1.29 is 37.8 Å². The third kappa shape index (κ3) is 11.4. The van der Waals surface area contributed by atoms with Crippen molar-refractivity contribution in [3.63, 3.8) is 0 Å². The highest BCUT2D eigenvalue weighted by atomic mass is 19.4. The molecule has 1 rings (SSSR count). The van der Waals surface area contributed by atoms with E-state index in [9.17, 15) is 22.8 Å². The van der Waals surface area contributed by atoms with Gasteiger partial charge in [0.05, 0.1) is 0 Å². The van der Waals surface area contributed by atoms with Crippen LogP contribution in [0.2, 0.25) is 0 Å². The highest BCUT2D eigenvalue weighted by Crippen LogP contribution is 2.14. The lowest BCUT2D eigenvalue weighted by atomic mass is 10.0. The van der Waals surface area contributed by atoms with Gasteiger partial charge in [0.25, 0.3) is 5.91 Å². The lowest BCUT2D eigenvalue weighted by molar-refractivity contribution is -0.192. The summed E-state index contributed by atoms with van der Waals surface area (Å²) in [5.41, 5.74) is 7.01. The Balaban J connectivity index is 0.000000821. The van der Waals surface area contributed by atoms with Crippen molar-refractivity contribution in [2.45, 2.75) is 25.4 Å². The van der Waals surface area contributed by atoms with Gasteiger partial charge < -0.3 is 21.3 Å². The fraction of sp³-hybridized carbons (Fsp3) is 0.353. The first kappa shape index (κ1) is 24.1. The Labute approximate surface area is 153 Å². The summed E-state index contributed by atoms with van der Waals surface area (Å²) in [4.78, 5) is 31.4. The molecule has 1 aliphatic carbocycles. The van der Waals surface area contributed by atoms with Gasteiger partial charge in [-0.25, -0.2) is 4.79 Å². The van der Waals surface area contributed by atoms with Crippen molar-refractivity contribution in [1.82, 2.24) is 5.32 Å². The molecule has 0 saturated heterocycles. The Morgan fingerprint density at radius 1 is 1.04 bits per heavy atom. The molecule has 0 saturated carbocycles. The first-order valence-corrected chi connectivity index (χ1v) is 7.84. The van der Waals surface area contributed by atoms with E-state index in [1.165, 1.54) is 0 Å². The van der Waals surface area contributed by atoms with Crippen molar-refractivity contribution in [3.8, 4) is 0 Å². The Bertz CT molecular complexity index is 649. The molecule has 0 aliphatic heterocycles. The number of alkyl halides is 3. The van der Waals surface area contributed by atoms with E-state index in [1.807, 2.05) is 24.3 Å². The van der Waals surface area contributed by atoms with Crippen molar-refractivity contribution in [3.05, 3.63) is 47.6 Å². The first-order chi connectivity index (χ1) is 12.6. The van der Waals surface area contributed by atoms with Crippen LogP contribution in [0.5, 0.6) is 0 Å². The summed E-state index contributed by atoms with van der Waals surface area (Å²) in [6.45, 7) is 0.810. The lowest BCUT2D eigenvalue weighted by Gasteiger charge is -2.10. The number of nitrogens with two attached hydrogens (primary N) is 1. The van der Waals surface area contributed by atoms with E-state index in [-0.39, 0.29) is 12.3 Å². The number of carbonyl (C=O) groups is 3. The van der Waals surface area contributed by atoms with E-state index >= 15 is 0 Å². The predicted octanol–water partition coefficient (Wildman–Crippen LogP) is 1.93. The molecule has 150 valence electrons. The van der Waals surface area contributed by atoms with E-state index in [4.69, 9.17) is 20.7 Å². The van der Waals surface area contributed by atoms with Gasteiger partial charge in [0.1, 0.15) is 0 Å². The third-order valence-electron chi connectivity index (χ3n) is 2.99. The number of nitrogens with one attached hydrogen (secondary N) is 1. The van der Waals surface area contributed by atoms with E-state index in [2.05, 4.69) is 5.32 Å². The van der Waals surface area contributed by atoms with Crippen LogP contribution >= 0.6 is 0 Å². The second-order valence-corrected chi connectivity index (χ2v) is 5.14. The molecule has 0 unspecified atom stereocenters. The van der Waals surface area contributed by atoms with Crippen LogP contribution in [0.4, 0.5) is 13.2 Å². The maximum Gasteiger partial charge on any atom is 0.490 e. The van der Waals surface area contributed by atoms with Crippen LogP contribution in [-0.2, 0) is 14.4 Å². The zero-order chi connectivity index (χ0) is 20.9. The highest BCUT2D eigenvalue weighted by Gasteiger charge is 2.38. The number of aliphatic carboxylic acids is 2. The van der Waals surface area contributed by atoms with Crippen molar-refractivity contribution in [2.24, 2.45) is 5.73 Å². The number of hydrogen-bond donors (Lipinski definition) is 4. The van der Waals surface area contributed by atoms with Crippen LogP contribution in [-0.4, -0.2) is 47.3 Å². The van der Waals surface area contributed by atoms with Crippen LogP contribution in [0.15, 0.2) is 47.6 Å². The van der Waals surface area contributed by atoms with Crippen LogP contribution < -0.4 is 11.1 Å². The van der Waals surface area contributed by atoms with Crippen molar-refractivity contribution in [1.29, 1.82) is 0 Å². The SMILES string of the molecule is NCCC1=C(C(=O)NCCCC(=O)O)/C=C\C=C/C=C\1.O=C(O)C(F)(F)F. The molecule has 1 amide bonds. The van der Waals surface area contributed by atoms with E-state index in [0.29, 0.717) is 31.5 Å². The van der Waals surface area contributed by atoms with Crippen LogP contribution in [0.1, 0.15) is 19.3 Å². The average molecular weight is 390 g/mol. The van der Waals surface area contributed by atoms with Crippen molar-refractivity contribution in [2.75, 3.05) is 13.1 Å². The molecule has 0 radical (unpaired) electrons. The van der Waals surface area contributed by atoms with Crippen molar-refractivity contribution >= 4 is 17.8 Å². The molecular formula is C17H21F3N2O5. The van der Waals surface area contributed by atoms with Crippen LogP contribution in [0.3, 0.4) is 0 Å².